The van der Waals surface area contributed by atoms with Crippen molar-refractivity contribution in [3.8, 4) is 6.07 Å². The first-order valence-electron chi connectivity index (χ1n) is 5.94. The fourth-order valence-electron chi connectivity index (χ4n) is 2.07. The molecular formula is C14H15ClN2. The minimum absolute atomic E-state index is 0.699. The minimum atomic E-state index is 0.699. The molecule has 1 saturated heterocycles. The van der Waals surface area contributed by atoms with Gasteiger partial charge in [-0.05, 0) is 37.0 Å². The standard InChI is InChI=1S/C14H15ClN2/c15-12-7-5-11(6-8-12)13(10-16)14-4-2-1-3-9-17-14/h5-8,17H,1-4,9H2/b14-13+. The summed E-state index contributed by atoms with van der Waals surface area (Å²) in [5.74, 6) is 0. The molecule has 3 heteroatoms. The molecule has 1 aliphatic heterocycles. The van der Waals surface area contributed by atoms with E-state index in [2.05, 4.69) is 11.4 Å². The average molecular weight is 247 g/mol. The maximum absolute atomic E-state index is 9.31. The molecular weight excluding hydrogens is 232 g/mol. The highest BCUT2D eigenvalue weighted by Gasteiger charge is 2.11. The summed E-state index contributed by atoms with van der Waals surface area (Å²) in [4.78, 5) is 0. The van der Waals surface area contributed by atoms with Crippen molar-refractivity contribution in [2.45, 2.75) is 25.7 Å². The average Bonchev–Trinajstić information content (AvgIpc) is 2.62. The van der Waals surface area contributed by atoms with Crippen LogP contribution in [0.3, 0.4) is 0 Å². The summed E-state index contributed by atoms with van der Waals surface area (Å²) in [5.41, 5.74) is 2.78. The van der Waals surface area contributed by atoms with Gasteiger partial charge >= 0.3 is 0 Å². The van der Waals surface area contributed by atoms with Crippen LogP contribution in [0, 0.1) is 11.3 Å². The van der Waals surface area contributed by atoms with Gasteiger partial charge in [-0.1, -0.05) is 30.2 Å². The first kappa shape index (κ1) is 12.0. The van der Waals surface area contributed by atoms with Gasteiger partial charge in [0.25, 0.3) is 0 Å². The van der Waals surface area contributed by atoms with Gasteiger partial charge in [0.1, 0.15) is 6.07 Å². The van der Waals surface area contributed by atoms with E-state index in [9.17, 15) is 5.26 Å². The first-order valence-corrected chi connectivity index (χ1v) is 6.32. The van der Waals surface area contributed by atoms with Crippen molar-refractivity contribution in [1.82, 2.24) is 5.32 Å². The van der Waals surface area contributed by atoms with E-state index in [4.69, 9.17) is 11.6 Å². The quantitative estimate of drug-likeness (QED) is 0.767. The molecule has 0 amide bonds. The number of hydrogen-bond acceptors (Lipinski definition) is 2. The van der Waals surface area contributed by atoms with E-state index in [0.717, 1.165) is 36.2 Å². The van der Waals surface area contributed by atoms with Crippen molar-refractivity contribution < 1.29 is 0 Å². The Labute approximate surface area is 107 Å². The zero-order chi connectivity index (χ0) is 12.1. The summed E-state index contributed by atoms with van der Waals surface area (Å²) in [5, 5.41) is 13.4. The third-order valence-corrected chi connectivity index (χ3v) is 3.24. The van der Waals surface area contributed by atoms with E-state index in [1.165, 1.54) is 12.8 Å². The second-order valence-electron chi connectivity index (χ2n) is 4.21. The summed E-state index contributed by atoms with van der Waals surface area (Å²) in [6.45, 7) is 0.966. The Morgan fingerprint density at radius 1 is 1.18 bits per heavy atom. The maximum atomic E-state index is 9.31. The van der Waals surface area contributed by atoms with E-state index in [1.807, 2.05) is 24.3 Å². The van der Waals surface area contributed by atoms with E-state index in [1.54, 1.807) is 0 Å². The number of halogens is 1. The molecule has 1 aliphatic rings. The van der Waals surface area contributed by atoms with Crippen LogP contribution in [-0.4, -0.2) is 6.54 Å². The molecule has 0 aliphatic carbocycles. The van der Waals surface area contributed by atoms with Gasteiger partial charge in [-0.2, -0.15) is 5.26 Å². The monoisotopic (exact) mass is 246 g/mol. The smallest absolute Gasteiger partial charge is 0.102 e. The van der Waals surface area contributed by atoms with Gasteiger partial charge in [0.2, 0.25) is 0 Å². The largest absolute Gasteiger partial charge is 0.387 e. The molecule has 88 valence electrons. The summed E-state index contributed by atoms with van der Waals surface area (Å²) < 4.78 is 0. The lowest BCUT2D eigenvalue weighted by Gasteiger charge is -2.10. The molecule has 0 spiro atoms. The molecule has 1 fully saturated rings. The molecule has 2 rings (SSSR count). The molecule has 0 unspecified atom stereocenters. The molecule has 17 heavy (non-hydrogen) atoms. The lowest BCUT2D eigenvalue weighted by Crippen LogP contribution is -2.13. The normalized spacial score (nSPS) is 18.8. The Balaban J connectivity index is 2.34. The topological polar surface area (TPSA) is 35.8 Å². The minimum Gasteiger partial charge on any atom is -0.387 e. The van der Waals surface area contributed by atoms with Crippen LogP contribution in [0.1, 0.15) is 31.2 Å². The van der Waals surface area contributed by atoms with Crippen molar-refractivity contribution in [2.75, 3.05) is 6.54 Å². The molecule has 0 aromatic heterocycles. The van der Waals surface area contributed by atoms with Crippen molar-refractivity contribution in [3.05, 3.63) is 40.5 Å². The van der Waals surface area contributed by atoms with Crippen LogP contribution in [0.25, 0.3) is 5.57 Å². The molecule has 1 aromatic rings. The zero-order valence-corrected chi connectivity index (χ0v) is 10.4. The predicted octanol–water partition coefficient (Wildman–Crippen LogP) is 3.74. The number of nitrogens with zero attached hydrogens (tertiary/aromatic N) is 1. The van der Waals surface area contributed by atoms with Crippen LogP contribution in [-0.2, 0) is 0 Å². The van der Waals surface area contributed by atoms with E-state index >= 15 is 0 Å². The number of nitriles is 1. The van der Waals surface area contributed by atoms with Crippen molar-refractivity contribution in [3.63, 3.8) is 0 Å². The highest BCUT2D eigenvalue weighted by Crippen LogP contribution is 2.23. The van der Waals surface area contributed by atoms with Crippen molar-refractivity contribution in [1.29, 1.82) is 5.26 Å². The number of allylic oxidation sites excluding steroid dienone is 2. The maximum Gasteiger partial charge on any atom is 0.102 e. The molecule has 0 radical (unpaired) electrons. The predicted molar refractivity (Wildman–Crippen MR) is 70.5 cm³/mol. The van der Waals surface area contributed by atoms with Gasteiger partial charge in [0.15, 0.2) is 0 Å². The van der Waals surface area contributed by atoms with Gasteiger partial charge in [0.05, 0.1) is 5.57 Å². The van der Waals surface area contributed by atoms with Gasteiger partial charge in [-0.15, -0.1) is 0 Å². The molecule has 0 atom stereocenters. The van der Waals surface area contributed by atoms with Crippen LogP contribution >= 0.6 is 11.6 Å². The Bertz CT molecular complexity index is 444. The number of hydrogen-bond donors (Lipinski definition) is 1. The van der Waals surface area contributed by atoms with Crippen LogP contribution in [0.5, 0.6) is 0 Å². The lowest BCUT2D eigenvalue weighted by molar-refractivity contribution is 0.721. The van der Waals surface area contributed by atoms with Crippen molar-refractivity contribution in [2.24, 2.45) is 0 Å². The molecule has 1 aromatic carbocycles. The zero-order valence-electron chi connectivity index (χ0n) is 9.67. The van der Waals surface area contributed by atoms with Crippen LogP contribution < -0.4 is 5.32 Å². The molecule has 2 nitrogen and oxygen atoms in total. The Kier molecular flexibility index (Phi) is 4.06. The van der Waals surface area contributed by atoms with Crippen LogP contribution in [0.4, 0.5) is 0 Å². The number of nitrogens with one attached hydrogen (secondary N) is 1. The summed E-state index contributed by atoms with van der Waals surface area (Å²) in [6, 6.07) is 9.77. The first-order chi connectivity index (χ1) is 8.31. The molecule has 0 saturated carbocycles. The van der Waals surface area contributed by atoms with E-state index in [0.29, 0.717) is 5.02 Å². The van der Waals surface area contributed by atoms with Crippen LogP contribution in [0.2, 0.25) is 5.02 Å². The van der Waals surface area contributed by atoms with Crippen LogP contribution in [0.15, 0.2) is 30.0 Å². The fourth-order valence-corrected chi connectivity index (χ4v) is 2.19. The molecule has 0 bridgehead atoms. The Morgan fingerprint density at radius 2 is 1.94 bits per heavy atom. The summed E-state index contributed by atoms with van der Waals surface area (Å²) >= 11 is 5.86. The summed E-state index contributed by atoms with van der Waals surface area (Å²) in [7, 11) is 0. The van der Waals surface area contributed by atoms with E-state index < -0.39 is 0 Å². The SMILES string of the molecule is N#C/C(=C1/CCCCCN1)c1ccc(Cl)cc1. The second kappa shape index (κ2) is 5.75. The van der Waals surface area contributed by atoms with E-state index in [-0.39, 0.29) is 0 Å². The van der Waals surface area contributed by atoms with Gasteiger partial charge in [-0.3, -0.25) is 0 Å². The third-order valence-electron chi connectivity index (χ3n) is 2.99. The number of rotatable bonds is 1. The van der Waals surface area contributed by atoms with Gasteiger partial charge in [-0.25, -0.2) is 0 Å². The summed E-state index contributed by atoms with van der Waals surface area (Å²) in [6.07, 6.45) is 4.53. The lowest BCUT2D eigenvalue weighted by atomic mass is 10.0. The highest BCUT2D eigenvalue weighted by molar-refractivity contribution is 6.30. The molecule has 1 N–H and O–H groups in total. The highest BCUT2D eigenvalue weighted by atomic mass is 35.5. The number of benzene rings is 1. The molecule has 1 heterocycles. The van der Waals surface area contributed by atoms with Gasteiger partial charge < -0.3 is 5.32 Å². The fraction of sp³-hybridized carbons (Fsp3) is 0.357. The van der Waals surface area contributed by atoms with Gasteiger partial charge in [0, 0.05) is 17.3 Å². The third kappa shape index (κ3) is 3.01. The second-order valence-corrected chi connectivity index (χ2v) is 4.65. The Morgan fingerprint density at radius 3 is 2.65 bits per heavy atom. The Hall–Kier alpha value is -1.46. The van der Waals surface area contributed by atoms with Crippen molar-refractivity contribution >= 4 is 17.2 Å².